The van der Waals surface area contributed by atoms with Crippen LogP contribution in [0.15, 0.2) is 53.6 Å². The molecule has 5 aromatic rings. The minimum atomic E-state index is -0.539. The molecule has 15 nitrogen and oxygen atoms in total. The van der Waals surface area contributed by atoms with Crippen molar-refractivity contribution in [3.8, 4) is 12.1 Å². The minimum Gasteiger partial charge on any atom is -0.392 e. The lowest BCUT2D eigenvalue weighted by atomic mass is 9.60. The SMILES string of the molecule is CC1(C)[C@@H](O)C[C@H]1Nc1nc(NCCc2ccc(CC3(C)[C@@H](O)C[C@H]3Nc3nc(NCCc4ccon4)ncc3C#N)c3cc[nH]c23)ncc1C#N. The standard InChI is InChI=1S/C37H42N12O3/c1-36(2)27(14-29(36)50)45-32-23(17-38)19-43-34(47-32)41-10-6-21-4-5-22(26-8-12-40-31(21)26)16-37(3)28(15-30(37)51)46-33-24(18-39)20-44-35(48-33)42-11-7-25-9-13-52-49-25/h4-5,8-9,12-13,19-20,27-30,40,50-51H,6-7,10-11,14-16H2,1-3H3,(H2,41,43,45,47)(H2,42,44,46,48)/t27-,28-,29+,30+,37?/m1/s1. The molecule has 2 saturated carbocycles. The monoisotopic (exact) mass is 702 g/mol. The quantitative estimate of drug-likeness (QED) is 0.0862. The second-order valence-corrected chi connectivity index (χ2v) is 14.5. The molecule has 1 unspecified atom stereocenters. The molecular formula is C37H42N12O3. The summed E-state index contributed by atoms with van der Waals surface area (Å²) in [6, 6.07) is 12.3. The molecular weight excluding hydrogens is 660 g/mol. The molecule has 2 aliphatic rings. The molecule has 268 valence electrons. The number of aliphatic hydroxyl groups excluding tert-OH is 2. The fourth-order valence-corrected chi connectivity index (χ4v) is 7.12. The highest BCUT2D eigenvalue weighted by atomic mass is 16.5. The third-order valence-corrected chi connectivity index (χ3v) is 11.0. The number of hydrogen-bond acceptors (Lipinski definition) is 14. The largest absolute Gasteiger partial charge is 0.392 e. The average Bonchev–Trinajstić information content (AvgIpc) is 3.86. The molecule has 0 radical (unpaired) electrons. The number of nitrogens with one attached hydrogen (secondary N) is 5. The van der Waals surface area contributed by atoms with E-state index in [1.165, 1.54) is 18.7 Å². The lowest BCUT2D eigenvalue weighted by Gasteiger charge is -2.52. The van der Waals surface area contributed by atoms with Crippen LogP contribution in [0.1, 0.15) is 61.6 Å². The van der Waals surface area contributed by atoms with Crippen molar-refractivity contribution in [1.29, 1.82) is 10.5 Å². The van der Waals surface area contributed by atoms with Gasteiger partial charge in [0.2, 0.25) is 11.9 Å². The molecule has 0 aliphatic heterocycles. The zero-order valence-electron chi connectivity index (χ0n) is 29.3. The Morgan fingerprint density at radius 3 is 2.08 bits per heavy atom. The Morgan fingerprint density at radius 2 is 1.48 bits per heavy atom. The topological polar surface area (TPSA) is 230 Å². The molecule has 0 saturated heterocycles. The number of rotatable bonds is 14. The normalized spacial score (nSPS) is 23.1. The predicted molar refractivity (Wildman–Crippen MR) is 194 cm³/mol. The highest BCUT2D eigenvalue weighted by molar-refractivity contribution is 5.86. The van der Waals surface area contributed by atoms with Crippen LogP contribution in [0.4, 0.5) is 23.5 Å². The number of nitriles is 2. The maximum Gasteiger partial charge on any atom is 0.224 e. The minimum absolute atomic E-state index is 0.00540. The van der Waals surface area contributed by atoms with Crippen LogP contribution in [0, 0.1) is 33.5 Å². The second-order valence-electron chi connectivity index (χ2n) is 14.5. The van der Waals surface area contributed by atoms with Gasteiger partial charge >= 0.3 is 0 Å². The van der Waals surface area contributed by atoms with Crippen LogP contribution in [0.2, 0.25) is 0 Å². The van der Waals surface area contributed by atoms with E-state index >= 15 is 0 Å². The number of nitrogens with zero attached hydrogens (tertiary/aromatic N) is 7. The van der Waals surface area contributed by atoms with Gasteiger partial charge in [-0.1, -0.05) is 38.1 Å². The third kappa shape index (κ3) is 6.68. The van der Waals surface area contributed by atoms with Crippen molar-refractivity contribution in [1.82, 2.24) is 30.1 Å². The van der Waals surface area contributed by atoms with Gasteiger partial charge in [-0.25, -0.2) is 9.97 Å². The first-order valence-corrected chi connectivity index (χ1v) is 17.5. The number of H-pyrrole nitrogens is 1. The van der Waals surface area contributed by atoms with Gasteiger partial charge in [-0.3, -0.25) is 0 Å². The Labute approximate surface area is 300 Å². The van der Waals surface area contributed by atoms with Gasteiger partial charge in [0.15, 0.2) is 0 Å². The molecule has 52 heavy (non-hydrogen) atoms. The Kier molecular flexibility index (Phi) is 9.40. The van der Waals surface area contributed by atoms with Gasteiger partial charge in [0, 0.05) is 65.6 Å². The fourth-order valence-electron chi connectivity index (χ4n) is 7.12. The number of benzene rings is 1. The number of aromatic nitrogens is 6. The maximum absolute atomic E-state index is 11.1. The zero-order valence-corrected chi connectivity index (χ0v) is 29.3. The molecule has 7 N–H and O–H groups in total. The molecule has 0 amide bonds. The van der Waals surface area contributed by atoms with Crippen LogP contribution >= 0.6 is 0 Å². The summed E-state index contributed by atoms with van der Waals surface area (Å²) in [4.78, 5) is 21.2. The Morgan fingerprint density at radius 1 is 0.846 bits per heavy atom. The third-order valence-electron chi connectivity index (χ3n) is 11.0. The second kappa shape index (κ2) is 14.1. The summed E-state index contributed by atoms with van der Waals surface area (Å²) in [7, 11) is 0. The van der Waals surface area contributed by atoms with E-state index in [2.05, 4.69) is 88.6 Å². The molecule has 0 bridgehead atoms. The predicted octanol–water partition coefficient (Wildman–Crippen LogP) is 4.15. The van der Waals surface area contributed by atoms with Gasteiger partial charge < -0.3 is 41.0 Å². The maximum atomic E-state index is 11.1. The Balaban J connectivity index is 1.00. The van der Waals surface area contributed by atoms with Crippen molar-refractivity contribution < 1.29 is 14.7 Å². The summed E-state index contributed by atoms with van der Waals surface area (Å²) in [6.45, 7) is 7.15. The van der Waals surface area contributed by atoms with Crippen molar-refractivity contribution >= 4 is 34.4 Å². The molecule has 4 aromatic heterocycles. The highest BCUT2D eigenvalue weighted by Gasteiger charge is 2.51. The summed E-state index contributed by atoms with van der Waals surface area (Å²) < 4.78 is 4.89. The van der Waals surface area contributed by atoms with Crippen molar-refractivity contribution in [3.63, 3.8) is 0 Å². The molecule has 7 rings (SSSR count). The first kappa shape index (κ1) is 34.7. The Bertz CT molecular complexity index is 2140. The highest BCUT2D eigenvalue weighted by Crippen LogP contribution is 2.46. The summed E-state index contributed by atoms with van der Waals surface area (Å²) in [5.41, 5.74) is 3.92. The van der Waals surface area contributed by atoms with Crippen molar-refractivity contribution in [3.05, 3.63) is 77.1 Å². The number of aliphatic hydroxyl groups is 2. The molecule has 0 spiro atoms. The molecule has 1 aromatic carbocycles. The first-order valence-electron chi connectivity index (χ1n) is 17.5. The summed E-state index contributed by atoms with van der Waals surface area (Å²) in [5, 5.41) is 58.9. The van der Waals surface area contributed by atoms with Crippen molar-refractivity contribution in [2.24, 2.45) is 10.8 Å². The van der Waals surface area contributed by atoms with E-state index in [4.69, 9.17) is 4.52 Å². The van der Waals surface area contributed by atoms with E-state index in [1.54, 1.807) is 6.07 Å². The van der Waals surface area contributed by atoms with Crippen molar-refractivity contribution in [2.45, 2.75) is 77.2 Å². The number of fused-ring (bicyclic) bond motifs is 1. The summed E-state index contributed by atoms with van der Waals surface area (Å²) >= 11 is 0. The van der Waals surface area contributed by atoms with Crippen molar-refractivity contribution in [2.75, 3.05) is 34.4 Å². The number of anilines is 4. The molecule has 2 fully saturated rings. The Hall–Kier alpha value is -5.77. The van der Waals surface area contributed by atoms with Gasteiger partial charge in [0.1, 0.15) is 41.2 Å². The smallest absolute Gasteiger partial charge is 0.224 e. The van der Waals surface area contributed by atoms with E-state index in [0.717, 1.165) is 27.7 Å². The number of hydrogen-bond donors (Lipinski definition) is 7. The van der Waals surface area contributed by atoms with Crippen LogP contribution in [0.3, 0.4) is 0 Å². The number of aromatic amines is 1. The van der Waals surface area contributed by atoms with Gasteiger partial charge in [-0.15, -0.1) is 0 Å². The fraction of sp³-hybridized carbons (Fsp3) is 0.432. The average molecular weight is 703 g/mol. The van der Waals surface area contributed by atoms with E-state index < -0.39 is 17.6 Å². The van der Waals surface area contributed by atoms with E-state index in [0.29, 0.717) is 79.9 Å². The van der Waals surface area contributed by atoms with Gasteiger partial charge in [-0.05, 0) is 42.9 Å². The van der Waals surface area contributed by atoms with E-state index in [1.807, 2.05) is 20.0 Å². The van der Waals surface area contributed by atoms with Gasteiger partial charge in [0.05, 0.1) is 30.3 Å². The molecule has 2 aliphatic carbocycles. The summed E-state index contributed by atoms with van der Waals surface area (Å²) in [6.07, 6.45) is 8.59. The first-order chi connectivity index (χ1) is 25.1. The van der Waals surface area contributed by atoms with Crippen LogP contribution in [0.5, 0.6) is 0 Å². The van der Waals surface area contributed by atoms with Gasteiger partial charge in [0.25, 0.3) is 0 Å². The van der Waals surface area contributed by atoms with Crippen LogP contribution in [0.25, 0.3) is 10.9 Å². The summed E-state index contributed by atoms with van der Waals surface area (Å²) in [5.74, 6) is 1.70. The lowest BCUT2D eigenvalue weighted by molar-refractivity contribution is -0.0636. The van der Waals surface area contributed by atoms with Crippen LogP contribution in [-0.2, 0) is 19.3 Å². The van der Waals surface area contributed by atoms with Crippen LogP contribution in [-0.4, -0.2) is 77.7 Å². The van der Waals surface area contributed by atoms with Gasteiger partial charge in [-0.2, -0.15) is 20.5 Å². The zero-order chi connectivity index (χ0) is 36.5. The molecule has 5 atom stereocenters. The van der Waals surface area contributed by atoms with E-state index in [9.17, 15) is 20.7 Å². The van der Waals surface area contributed by atoms with Crippen LogP contribution < -0.4 is 21.3 Å². The lowest BCUT2D eigenvalue weighted by Crippen LogP contribution is -2.60. The molecule has 4 heterocycles. The molecule has 15 heteroatoms. The van der Waals surface area contributed by atoms with E-state index in [-0.39, 0.29) is 17.5 Å².